The second-order valence-electron chi connectivity index (χ2n) is 3.44. The molecule has 0 aliphatic heterocycles. The molecular formula is C12H11FN2O2. The van der Waals surface area contributed by atoms with E-state index in [2.05, 4.69) is 9.97 Å². The van der Waals surface area contributed by atoms with Gasteiger partial charge in [0.1, 0.15) is 0 Å². The Morgan fingerprint density at radius 3 is 2.82 bits per heavy atom. The molecule has 88 valence electrons. The first-order valence-corrected chi connectivity index (χ1v) is 5.06. The van der Waals surface area contributed by atoms with Crippen LogP contribution in [0.5, 0.6) is 11.6 Å². The Bertz CT molecular complexity index is 532. The van der Waals surface area contributed by atoms with Crippen LogP contribution in [0, 0.1) is 12.7 Å². The first kappa shape index (κ1) is 11.5. The van der Waals surface area contributed by atoms with E-state index in [1.807, 2.05) is 0 Å². The molecule has 0 amide bonds. The summed E-state index contributed by atoms with van der Waals surface area (Å²) in [5.74, 6) is -0.375. The zero-order valence-electron chi connectivity index (χ0n) is 9.22. The van der Waals surface area contributed by atoms with Crippen molar-refractivity contribution in [1.29, 1.82) is 0 Å². The van der Waals surface area contributed by atoms with Crippen molar-refractivity contribution in [1.82, 2.24) is 9.97 Å². The third-order valence-corrected chi connectivity index (χ3v) is 2.27. The third-order valence-electron chi connectivity index (χ3n) is 2.27. The number of aliphatic hydroxyl groups excluding tert-OH is 1. The van der Waals surface area contributed by atoms with Crippen molar-refractivity contribution in [3.05, 3.63) is 47.7 Å². The van der Waals surface area contributed by atoms with E-state index < -0.39 is 12.4 Å². The van der Waals surface area contributed by atoms with Crippen molar-refractivity contribution < 1.29 is 14.2 Å². The maximum Gasteiger partial charge on any atom is 0.256 e. The van der Waals surface area contributed by atoms with Gasteiger partial charge in [0.2, 0.25) is 0 Å². The predicted molar refractivity (Wildman–Crippen MR) is 59.2 cm³/mol. The summed E-state index contributed by atoms with van der Waals surface area (Å²) >= 11 is 0. The van der Waals surface area contributed by atoms with Crippen LogP contribution in [0.2, 0.25) is 0 Å². The van der Waals surface area contributed by atoms with E-state index in [1.165, 1.54) is 12.3 Å². The molecule has 2 aromatic heterocycles. The van der Waals surface area contributed by atoms with Crippen LogP contribution in [-0.2, 0) is 6.61 Å². The number of hydrogen-bond acceptors (Lipinski definition) is 4. The number of aliphatic hydroxyl groups is 1. The monoisotopic (exact) mass is 234 g/mol. The summed E-state index contributed by atoms with van der Waals surface area (Å²) in [7, 11) is 0. The van der Waals surface area contributed by atoms with Crippen molar-refractivity contribution in [2.75, 3.05) is 0 Å². The molecule has 0 saturated carbocycles. The number of aryl methyl sites for hydroxylation is 1. The van der Waals surface area contributed by atoms with E-state index in [9.17, 15) is 4.39 Å². The highest BCUT2D eigenvalue weighted by atomic mass is 19.1. The van der Waals surface area contributed by atoms with Gasteiger partial charge in [0.25, 0.3) is 5.88 Å². The normalized spacial score (nSPS) is 10.3. The minimum absolute atomic E-state index is 0.150. The molecule has 5 heteroatoms. The van der Waals surface area contributed by atoms with Crippen LogP contribution < -0.4 is 4.74 Å². The number of ether oxygens (including phenoxy) is 1. The van der Waals surface area contributed by atoms with Crippen LogP contribution in [-0.4, -0.2) is 15.1 Å². The number of halogens is 1. The van der Waals surface area contributed by atoms with Crippen LogP contribution in [0.25, 0.3) is 0 Å². The molecule has 0 unspecified atom stereocenters. The van der Waals surface area contributed by atoms with Crippen molar-refractivity contribution in [2.24, 2.45) is 0 Å². The van der Waals surface area contributed by atoms with Crippen molar-refractivity contribution in [2.45, 2.75) is 13.5 Å². The van der Waals surface area contributed by atoms with Crippen LogP contribution in [0.1, 0.15) is 11.3 Å². The maximum atomic E-state index is 13.7. The van der Waals surface area contributed by atoms with Gasteiger partial charge in [0.05, 0.1) is 12.3 Å². The van der Waals surface area contributed by atoms with Gasteiger partial charge in [-0.05, 0) is 25.1 Å². The molecule has 0 aliphatic carbocycles. The largest absolute Gasteiger partial charge is 0.435 e. The third kappa shape index (κ3) is 2.39. The van der Waals surface area contributed by atoms with Crippen LogP contribution in [0.3, 0.4) is 0 Å². The number of pyridine rings is 2. The summed E-state index contributed by atoms with van der Waals surface area (Å²) in [6.45, 7) is 1.36. The van der Waals surface area contributed by atoms with Crippen LogP contribution in [0.15, 0.2) is 30.6 Å². The lowest BCUT2D eigenvalue weighted by Gasteiger charge is -2.08. The Morgan fingerprint density at radius 1 is 1.29 bits per heavy atom. The van der Waals surface area contributed by atoms with Gasteiger partial charge in [0.15, 0.2) is 11.6 Å². The quantitative estimate of drug-likeness (QED) is 0.884. The van der Waals surface area contributed by atoms with E-state index in [0.29, 0.717) is 11.4 Å². The van der Waals surface area contributed by atoms with Gasteiger partial charge in [-0.3, -0.25) is 4.98 Å². The fourth-order valence-corrected chi connectivity index (χ4v) is 1.34. The highest BCUT2D eigenvalue weighted by Gasteiger charge is 2.12. The Morgan fingerprint density at radius 2 is 2.12 bits per heavy atom. The summed E-state index contributed by atoms with van der Waals surface area (Å²) in [6, 6.07) is 4.77. The lowest BCUT2D eigenvalue weighted by Crippen LogP contribution is -1.98. The van der Waals surface area contributed by atoms with E-state index in [1.54, 1.807) is 25.3 Å². The second-order valence-corrected chi connectivity index (χ2v) is 3.44. The van der Waals surface area contributed by atoms with E-state index in [-0.39, 0.29) is 11.4 Å². The predicted octanol–water partition coefficient (Wildman–Crippen LogP) is 2.21. The summed E-state index contributed by atoms with van der Waals surface area (Å²) in [5.41, 5.74) is 0.791. The van der Waals surface area contributed by atoms with Gasteiger partial charge in [-0.25, -0.2) is 9.37 Å². The van der Waals surface area contributed by atoms with Gasteiger partial charge >= 0.3 is 0 Å². The Kier molecular flexibility index (Phi) is 3.30. The lowest BCUT2D eigenvalue weighted by molar-refractivity contribution is 0.273. The fourth-order valence-electron chi connectivity index (χ4n) is 1.34. The molecule has 0 bridgehead atoms. The van der Waals surface area contributed by atoms with E-state index >= 15 is 0 Å². The highest BCUT2D eigenvalue weighted by molar-refractivity contribution is 5.32. The Hall–Kier alpha value is -2.01. The maximum absolute atomic E-state index is 13.7. The first-order chi connectivity index (χ1) is 8.22. The Balaban J connectivity index is 2.34. The van der Waals surface area contributed by atoms with Crippen LogP contribution in [0.4, 0.5) is 4.39 Å². The summed E-state index contributed by atoms with van der Waals surface area (Å²) in [4.78, 5) is 7.81. The SMILES string of the molecule is Cc1ncccc1Oc1nccc(CO)c1F. The van der Waals surface area contributed by atoms with Gasteiger partial charge < -0.3 is 9.84 Å². The molecule has 4 nitrogen and oxygen atoms in total. The first-order valence-electron chi connectivity index (χ1n) is 5.06. The van der Waals surface area contributed by atoms with E-state index in [4.69, 9.17) is 9.84 Å². The average molecular weight is 234 g/mol. The smallest absolute Gasteiger partial charge is 0.256 e. The Labute approximate surface area is 97.7 Å². The summed E-state index contributed by atoms with van der Waals surface area (Å²) in [6.07, 6.45) is 3.01. The molecule has 2 rings (SSSR count). The summed E-state index contributed by atoms with van der Waals surface area (Å²) in [5, 5.41) is 8.93. The number of hydrogen-bond donors (Lipinski definition) is 1. The van der Waals surface area contributed by atoms with Gasteiger partial charge in [-0.15, -0.1) is 0 Å². The molecule has 1 N–H and O–H groups in total. The molecule has 0 spiro atoms. The molecule has 0 saturated heterocycles. The molecule has 2 aromatic rings. The number of nitrogens with zero attached hydrogens (tertiary/aromatic N) is 2. The van der Waals surface area contributed by atoms with Crippen molar-refractivity contribution in [3.8, 4) is 11.6 Å². The standard InChI is InChI=1S/C12H11FN2O2/c1-8-10(3-2-5-14-8)17-12-11(13)9(7-16)4-6-15-12/h2-6,16H,7H2,1H3. The molecule has 0 atom stereocenters. The van der Waals surface area contributed by atoms with Crippen molar-refractivity contribution >= 4 is 0 Å². The lowest BCUT2D eigenvalue weighted by atomic mass is 10.2. The molecule has 17 heavy (non-hydrogen) atoms. The molecule has 2 heterocycles. The molecular weight excluding hydrogens is 223 g/mol. The zero-order valence-corrected chi connectivity index (χ0v) is 9.22. The minimum atomic E-state index is -0.654. The van der Waals surface area contributed by atoms with Crippen LogP contribution >= 0.6 is 0 Å². The second kappa shape index (κ2) is 4.88. The molecule has 0 radical (unpaired) electrons. The molecule has 0 fully saturated rings. The topological polar surface area (TPSA) is 55.2 Å². The van der Waals surface area contributed by atoms with E-state index in [0.717, 1.165) is 0 Å². The van der Waals surface area contributed by atoms with Gasteiger partial charge in [0, 0.05) is 18.0 Å². The molecule has 0 aromatic carbocycles. The van der Waals surface area contributed by atoms with Gasteiger partial charge in [-0.1, -0.05) is 0 Å². The summed E-state index contributed by atoms with van der Waals surface area (Å²) < 4.78 is 19.0. The fraction of sp³-hybridized carbons (Fsp3) is 0.167. The minimum Gasteiger partial charge on any atom is -0.435 e. The zero-order chi connectivity index (χ0) is 12.3. The average Bonchev–Trinajstić information content (AvgIpc) is 2.34. The number of aromatic nitrogens is 2. The molecule has 0 aliphatic rings. The van der Waals surface area contributed by atoms with Gasteiger partial charge in [-0.2, -0.15) is 0 Å². The highest BCUT2D eigenvalue weighted by Crippen LogP contribution is 2.25. The van der Waals surface area contributed by atoms with Crippen molar-refractivity contribution in [3.63, 3.8) is 0 Å². The number of rotatable bonds is 3.